The molecule has 2 nitrogen and oxygen atoms in total. The van der Waals surface area contributed by atoms with Gasteiger partial charge in [-0.05, 0) is 30.5 Å². The number of hydrogen-bond donors (Lipinski definition) is 1. The van der Waals surface area contributed by atoms with Crippen molar-refractivity contribution >= 4 is 17.5 Å². The minimum Gasteiger partial charge on any atom is -0.355 e. The van der Waals surface area contributed by atoms with Crippen molar-refractivity contribution in [2.24, 2.45) is 5.41 Å². The molecule has 1 fully saturated rings. The summed E-state index contributed by atoms with van der Waals surface area (Å²) in [5, 5.41) is 2.88. The van der Waals surface area contributed by atoms with E-state index in [-0.39, 0.29) is 17.1 Å². The van der Waals surface area contributed by atoms with Crippen LogP contribution in [-0.4, -0.2) is 18.3 Å². The highest BCUT2D eigenvalue weighted by molar-refractivity contribution is 6.18. The number of nitrogens with one attached hydrogen (secondary N) is 1. The molecule has 0 heterocycles. The van der Waals surface area contributed by atoms with E-state index in [0.29, 0.717) is 18.8 Å². The van der Waals surface area contributed by atoms with Gasteiger partial charge in [0, 0.05) is 17.8 Å². The second-order valence-electron chi connectivity index (χ2n) is 4.71. The molecule has 0 aliphatic heterocycles. The Labute approximate surface area is 105 Å². The van der Waals surface area contributed by atoms with Gasteiger partial charge in [0.1, 0.15) is 5.82 Å². The van der Waals surface area contributed by atoms with Gasteiger partial charge in [0.15, 0.2) is 0 Å². The molecule has 1 aliphatic carbocycles. The van der Waals surface area contributed by atoms with Crippen LogP contribution < -0.4 is 5.32 Å². The number of carbonyl (C=O) groups is 1. The molecule has 1 aromatic rings. The van der Waals surface area contributed by atoms with Crippen molar-refractivity contribution in [2.45, 2.75) is 19.3 Å². The fraction of sp³-hybridized carbons (Fsp3) is 0.462. The van der Waals surface area contributed by atoms with Gasteiger partial charge in [-0.25, -0.2) is 4.39 Å². The summed E-state index contributed by atoms with van der Waals surface area (Å²) in [5.74, 6) is 0.283. The molecule has 1 saturated carbocycles. The van der Waals surface area contributed by atoms with Crippen molar-refractivity contribution in [1.29, 1.82) is 0 Å². The minimum atomic E-state index is -0.284. The summed E-state index contributed by atoms with van der Waals surface area (Å²) in [6, 6.07) is 5.99. The summed E-state index contributed by atoms with van der Waals surface area (Å²) in [7, 11) is 0. The number of rotatable bonds is 5. The number of amides is 1. The number of benzene rings is 1. The SMILES string of the molecule is O=C(Cc1ccc(F)cc1)NCC1(CCl)CC1. The van der Waals surface area contributed by atoms with E-state index in [4.69, 9.17) is 11.6 Å². The van der Waals surface area contributed by atoms with Crippen LogP contribution in [0.25, 0.3) is 0 Å². The van der Waals surface area contributed by atoms with Crippen LogP contribution in [0.2, 0.25) is 0 Å². The Balaban J connectivity index is 1.79. The standard InChI is InChI=1S/C13H15ClFNO/c14-8-13(5-6-13)9-16-12(17)7-10-1-3-11(15)4-2-10/h1-4H,5-9H2,(H,16,17). The van der Waals surface area contributed by atoms with E-state index in [9.17, 15) is 9.18 Å². The van der Waals surface area contributed by atoms with E-state index >= 15 is 0 Å². The number of hydrogen-bond acceptors (Lipinski definition) is 1. The highest BCUT2D eigenvalue weighted by Gasteiger charge is 2.41. The van der Waals surface area contributed by atoms with Crippen molar-refractivity contribution in [1.82, 2.24) is 5.32 Å². The van der Waals surface area contributed by atoms with Crippen LogP contribution in [0.3, 0.4) is 0 Å². The van der Waals surface area contributed by atoms with Gasteiger partial charge in [-0.15, -0.1) is 11.6 Å². The van der Waals surface area contributed by atoms with Crippen LogP contribution >= 0.6 is 11.6 Å². The zero-order valence-corrected chi connectivity index (χ0v) is 10.3. The molecule has 0 aromatic heterocycles. The quantitative estimate of drug-likeness (QED) is 0.805. The molecule has 1 aromatic carbocycles. The molecule has 92 valence electrons. The summed E-state index contributed by atoms with van der Waals surface area (Å²) in [5.41, 5.74) is 0.958. The Bertz CT molecular complexity index is 400. The molecule has 0 radical (unpaired) electrons. The van der Waals surface area contributed by atoms with Gasteiger partial charge in [-0.1, -0.05) is 12.1 Å². The van der Waals surface area contributed by atoms with Crippen LogP contribution in [0.5, 0.6) is 0 Å². The summed E-state index contributed by atoms with van der Waals surface area (Å²) in [6.45, 7) is 0.649. The van der Waals surface area contributed by atoms with Gasteiger partial charge < -0.3 is 5.32 Å². The molecule has 1 aliphatic rings. The van der Waals surface area contributed by atoms with Gasteiger partial charge >= 0.3 is 0 Å². The Morgan fingerprint density at radius 2 is 2.00 bits per heavy atom. The third-order valence-electron chi connectivity index (χ3n) is 3.18. The number of alkyl halides is 1. The van der Waals surface area contributed by atoms with Gasteiger partial charge in [0.2, 0.25) is 5.91 Å². The fourth-order valence-electron chi connectivity index (χ4n) is 1.67. The molecule has 0 spiro atoms. The number of halogens is 2. The molecular weight excluding hydrogens is 241 g/mol. The lowest BCUT2D eigenvalue weighted by molar-refractivity contribution is -0.120. The van der Waals surface area contributed by atoms with Crippen molar-refractivity contribution in [3.05, 3.63) is 35.6 Å². The van der Waals surface area contributed by atoms with Crippen LogP contribution in [0.1, 0.15) is 18.4 Å². The van der Waals surface area contributed by atoms with E-state index in [1.165, 1.54) is 12.1 Å². The lowest BCUT2D eigenvalue weighted by Gasteiger charge is -2.12. The normalized spacial score (nSPS) is 16.6. The second-order valence-corrected chi connectivity index (χ2v) is 4.98. The molecule has 0 bridgehead atoms. The van der Waals surface area contributed by atoms with Crippen molar-refractivity contribution in [3.8, 4) is 0 Å². The predicted molar refractivity (Wildman–Crippen MR) is 65.5 cm³/mol. The van der Waals surface area contributed by atoms with Crippen LogP contribution in [0, 0.1) is 11.2 Å². The van der Waals surface area contributed by atoms with Crippen molar-refractivity contribution < 1.29 is 9.18 Å². The molecule has 0 saturated heterocycles. The predicted octanol–water partition coefficient (Wildman–Crippen LogP) is 2.50. The summed E-state index contributed by atoms with van der Waals surface area (Å²) < 4.78 is 12.7. The molecule has 0 unspecified atom stereocenters. The van der Waals surface area contributed by atoms with Gasteiger partial charge in [0.25, 0.3) is 0 Å². The topological polar surface area (TPSA) is 29.1 Å². The Morgan fingerprint density at radius 1 is 1.35 bits per heavy atom. The average molecular weight is 256 g/mol. The maximum absolute atomic E-state index is 12.7. The van der Waals surface area contributed by atoms with Gasteiger partial charge in [-0.2, -0.15) is 0 Å². The molecule has 17 heavy (non-hydrogen) atoms. The van der Waals surface area contributed by atoms with Gasteiger partial charge in [0.05, 0.1) is 6.42 Å². The third-order valence-corrected chi connectivity index (χ3v) is 3.75. The Kier molecular flexibility index (Phi) is 3.67. The smallest absolute Gasteiger partial charge is 0.224 e. The maximum Gasteiger partial charge on any atom is 0.224 e. The highest BCUT2D eigenvalue weighted by atomic mass is 35.5. The first-order chi connectivity index (χ1) is 8.13. The van der Waals surface area contributed by atoms with Crippen LogP contribution in [-0.2, 0) is 11.2 Å². The lowest BCUT2D eigenvalue weighted by Crippen LogP contribution is -2.32. The van der Waals surface area contributed by atoms with Crippen LogP contribution in [0.4, 0.5) is 4.39 Å². The summed E-state index contributed by atoms with van der Waals surface area (Å²) >= 11 is 5.82. The van der Waals surface area contributed by atoms with E-state index in [2.05, 4.69) is 5.32 Å². The van der Waals surface area contributed by atoms with E-state index in [1.54, 1.807) is 12.1 Å². The molecule has 1 N–H and O–H groups in total. The van der Waals surface area contributed by atoms with Crippen LogP contribution in [0.15, 0.2) is 24.3 Å². The molecular formula is C13H15ClFNO. The minimum absolute atomic E-state index is 0.0343. The Morgan fingerprint density at radius 3 is 2.53 bits per heavy atom. The first kappa shape index (κ1) is 12.4. The maximum atomic E-state index is 12.7. The third kappa shape index (κ3) is 3.43. The van der Waals surface area contributed by atoms with Crippen molar-refractivity contribution in [2.75, 3.05) is 12.4 Å². The molecule has 4 heteroatoms. The molecule has 2 rings (SSSR count). The largest absolute Gasteiger partial charge is 0.355 e. The first-order valence-electron chi connectivity index (χ1n) is 5.71. The van der Waals surface area contributed by atoms with Crippen molar-refractivity contribution in [3.63, 3.8) is 0 Å². The highest BCUT2D eigenvalue weighted by Crippen LogP contribution is 2.45. The molecule has 0 atom stereocenters. The first-order valence-corrected chi connectivity index (χ1v) is 6.24. The van der Waals surface area contributed by atoms with E-state index < -0.39 is 0 Å². The Hall–Kier alpha value is -1.09. The summed E-state index contributed by atoms with van der Waals surface area (Å²) in [6.07, 6.45) is 2.47. The fourth-order valence-corrected chi connectivity index (χ4v) is 2.03. The van der Waals surface area contributed by atoms with E-state index in [0.717, 1.165) is 18.4 Å². The average Bonchev–Trinajstić information content (AvgIpc) is 3.10. The zero-order valence-electron chi connectivity index (χ0n) is 9.51. The van der Waals surface area contributed by atoms with E-state index in [1.807, 2.05) is 0 Å². The summed E-state index contributed by atoms with van der Waals surface area (Å²) in [4.78, 5) is 11.6. The van der Waals surface area contributed by atoms with Gasteiger partial charge in [-0.3, -0.25) is 4.79 Å². The number of carbonyl (C=O) groups excluding carboxylic acids is 1. The molecule has 1 amide bonds. The monoisotopic (exact) mass is 255 g/mol. The lowest BCUT2D eigenvalue weighted by atomic mass is 10.1. The second kappa shape index (κ2) is 5.05. The zero-order chi connectivity index (χ0) is 12.3.